The molecule has 0 radical (unpaired) electrons. The van der Waals surface area contributed by atoms with Crippen LogP contribution < -0.4 is 10.5 Å². The molecule has 2 rings (SSSR count). The molecule has 2 aromatic rings. The summed E-state index contributed by atoms with van der Waals surface area (Å²) in [6.45, 7) is 1.98. The Kier molecular flexibility index (Phi) is 4.42. The monoisotopic (exact) mass is 326 g/mol. The normalized spacial score (nSPS) is 11.2. The average molecular weight is 326 g/mol. The fraction of sp³-hybridized carbons (Fsp3) is 0.154. The quantitative estimate of drug-likeness (QED) is 0.829. The van der Waals surface area contributed by atoms with Gasteiger partial charge in [-0.2, -0.15) is 0 Å². The highest BCUT2D eigenvalue weighted by Gasteiger charge is 2.18. The number of sulfonamides is 1. The average Bonchev–Trinajstić information content (AvgIpc) is 2.88. The van der Waals surface area contributed by atoms with Crippen molar-refractivity contribution in [3.05, 3.63) is 46.8 Å². The molecule has 0 saturated carbocycles. The number of rotatable bonds is 5. The maximum Gasteiger partial charge on any atom is 0.271 e. The number of para-hydroxylation sites is 1. The van der Waals surface area contributed by atoms with Crippen LogP contribution in [-0.2, 0) is 16.4 Å². The Labute approximate surface area is 127 Å². The van der Waals surface area contributed by atoms with Crippen LogP contribution in [0, 0.1) is 0 Å². The van der Waals surface area contributed by atoms with Crippen LogP contribution in [0.3, 0.4) is 0 Å². The van der Waals surface area contributed by atoms with Gasteiger partial charge in [0.1, 0.15) is 9.20 Å². The van der Waals surface area contributed by atoms with Crippen molar-refractivity contribution in [2.24, 2.45) is 5.73 Å². The van der Waals surface area contributed by atoms with Gasteiger partial charge in [-0.05, 0) is 30.7 Å². The number of aryl methyl sites for hydroxylation is 1. The predicted molar refractivity (Wildman–Crippen MR) is 86.8 cm³/mol. The largest absolute Gasteiger partial charge is 0.389 e. The standard InChI is InChI=1S/C13H14N2O2S3/c1-2-9-7-8-12(19-9)20(16,17)15-11-6-4-3-5-10(11)13(14)18/h3-8,15H,2H2,1H3,(H2,14,18). The van der Waals surface area contributed by atoms with Gasteiger partial charge in [-0.25, -0.2) is 8.42 Å². The molecule has 1 aromatic carbocycles. The summed E-state index contributed by atoms with van der Waals surface area (Å²) in [6.07, 6.45) is 0.809. The molecular formula is C13H14N2O2S3. The molecule has 3 N–H and O–H groups in total. The highest BCUT2D eigenvalue weighted by molar-refractivity contribution is 7.94. The van der Waals surface area contributed by atoms with E-state index in [1.165, 1.54) is 11.3 Å². The first-order valence-corrected chi connectivity index (χ1v) is 8.65. The van der Waals surface area contributed by atoms with Crippen LogP contribution in [0.1, 0.15) is 17.4 Å². The van der Waals surface area contributed by atoms with Gasteiger partial charge in [0.15, 0.2) is 0 Å². The number of nitrogens with two attached hydrogens (primary N) is 1. The first-order valence-electron chi connectivity index (χ1n) is 5.94. The van der Waals surface area contributed by atoms with Crippen molar-refractivity contribution in [3.8, 4) is 0 Å². The summed E-state index contributed by atoms with van der Waals surface area (Å²) in [5, 5.41) is 0. The van der Waals surface area contributed by atoms with Crippen molar-refractivity contribution in [2.75, 3.05) is 4.72 Å². The highest BCUT2D eigenvalue weighted by Crippen LogP contribution is 2.25. The molecular weight excluding hydrogens is 312 g/mol. The van der Waals surface area contributed by atoms with Gasteiger partial charge in [0.05, 0.1) is 5.69 Å². The summed E-state index contributed by atoms with van der Waals surface area (Å²) in [5.41, 5.74) is 6.50. The third-order valence-electron chi connectivity index (χ3n) is 2.69. The van der Waals surface area contributed by atoms with E-state index >= 15 is 0 Å². The first kappa shape index (κ1) is 15.0. The molecule has 0 amide bonds. The zero-order valence-electron chi connectivity index (χ0n) is 10.8. The molecule has 20 heavy (non-hydrogen) atoms. The summed E-state index contributed by atoms with van der Waals surface area (Å²) in [4.78, 5) is 1.18. The lowest BCUT2D eigenvalue weighted by atomic mass is 10.2. The molecule has 1 heterocycles. The van der Waals surface area contributed by atoms with Crippen molar-refractivity contribution in [2.45, 2.75) is 17.6 Å². The molecule has 0 aliphatic carbocycles. The summed E-state index contributed by atoms with van der Waals surface area (Å²) in [6, 6.07) is 10.2. The smallest absolute Gasteiger partial charge is 0.271 e. The molecule has 4 nitrogen and oxygen atoms in total. The molecule has 0 saturated heterocycles. The van der Waals surface area contributed by atoms with E-state index in [0.29, 0.717) is 11.3 Å². The van der Waals surface area contributed by atoms with E-state index in [1.54, 1.807) is 30.3 Å². The maximum absolute atomic E-state index is 12.3. The lowest BCUT2D eigenvalue weighted by Crippen LogP contribution is -2.17. The third kappa shape index (κ3) is 3.17. The van der Waals surface area contributed by atoms with Gasteiger partial charge in [0, 0.05) is 10.4 Å². The molecule has 0 aliphatic heterocycles. The fourth-order valence-electron chi connectivity index (χ4n) is 1.67. The predicted octanol–water partition coefficient (Wildman–Crippen LogP) is 2.75. The number of hydrogen-bond acceptors (Lipinski definition) is 4. The highest BCUT2D eigenvalue weighted by atomic mass is 32.2. The lowest BCUT2D eigenvalue weighted by Gasteiger charge is -2.10. The number of nitrogens with one attached hydrogen (secondary N) is 1. The zero-order valence-corrected chi connectivity index (χ0v) is 13.2. The Hall–Kier alpha value is -1.44. The van der Waals surface area contributed by atoms with E-state index < -0.39 is 10.0 Å². The molecule has 106 valence electrons. The van der Waals surface area contributed by atoms with Gasteiger partial charge in [-0.15, -0.1) is 11.3 Å². The van der Waals surface area contributed by atoms with Crippen molar-refractivity contribution in [3.63, 3.8) is 0 Å². The van der Waals surface area contributed by atoms with Crippen LogP contribution in [0.15, 0.2) is 40.6 Å². The van der Waals surface area contributed by atoms with E-state index in [0.717, 1.165) is 11.3 Å². The summed E-state index contributed by atoms with van der Waals surface area (Å²) >= 11 is 6.18. The van der Waals surface area contributed by atoms with Crippen LogP contribution in [0.5, 0.6) is 0 Å². The Morgan fingerprint density at radius 3 is 2.60 bits per heavy atom. The second-order valence-corrected chi connectivity index (χ2v) is 7.61. The van der Waals surface area contributed by atoms with Gasteiger partial charge in [-0.3, -0.25) is 4.72 Å². The Bertz CT molecular complexity index is 736. The minimum absolute atomic E-state index is 0.156. The van der Waals surface area contributed by atoms with Crippen LogP contribution in [0.25, 0.3) is 0 Å². The number of hydrogen-bond donors (Lipinski definition) is 2. The van der Waals surface area contributed by atoms with Crippen LogP contribution >= 0.6 is 23.6 Å². The molecule has 0 aliphatic rings. The lowest BCUT2D eigenvalue weighted by molar-refractivity contribution is 0.603. The van der Waals surface area contributed by atoms with Crippen molar-refractivity contribution >= 4 is 44.3 Å². The maximum atomic E-state index is 12.3. The van der Waals surface area contributed by atoms with Crippen LogP contribution in [-0.4, -0.2) is 13.4 Å². The minimum Gasteiger partial charge on any atom is -0.389 e. The number of thiophene rings is 1. The van der Waals surface area contributed by atoms with Gasteiger partial charge in [0.25, 0.3) is 10.0 Å². The number of thiocarbonyl (C=S) groups is 1. The molecule has 0 spiro atoms. The van der Waals surface area contributed by atoms with E-state index in [1.807, 2.05) is 13.0 Å². The fourth-order valence-corrected chi connectivity index (χ4v) is 4.23. The second-order valence-electron chi connectivity index (χ2n) is 4.09. The Balaban J connectivity index is 2.36. The summed E-state index contributed by atoms with van der Waals surface area (Å²) in [7, 11) is -3.61. The van der Waals surface area contributed by atoms with Crippen molar-refractivity contribution in [1.29, 1.82) is 0 Å². The zero-order chi connectivity index (χ0) is 14.8. The first-order chi connectivity index (χ1) is 9.44. The van der Waals surface area contributed by atoms with Crippen molar-refractivity contribution < 1.29 is 8.42 Å². The number of benzene rings is 1. The van der Waals surface area contributed by atoms with E-state index in [-0.39, 0.29) is 9.20 Å². The summed E-state index contributed by atoms with van der Waals surface area (Å²) < 4.78 is 27.5. The molecule has 0 fully saturated rings. The SMILES string of the molecule is CCc1ccc(S(=O)(=O)Nc2ccccc2C(N)=S)s1. The van der Waals surface area contributed by atoms with Gasteiger partial charge < -0.3 is 5.73 Å². The molecule has 0 bridgehead atoms. The molecule has 0 atom stereocenters. The Morgan fingerprint density at radius 2 is 2.00 bits per heavy atom. The molecule has 0 unspecified atom stereocenters. The van der Waals surface area contributed by atoms with Gasteiger partial charge in [0.2, 0.25) is 0 Å². The van der Waals surface area contributed by atoms with Crippen molar-refractivity contribution in [1.82, 2.24) is 0 Å². The van der Waals surface area contributed by atoms with Crippen LogP contribution in [0.2, 0.25) is 0 Å². The van der Waals surface area contributed by atoms with Gasteiger partial charge >= 0.3 is 0 Å². The molecule has 7 heteroatoms. The Morgan fingerprint density at radius 1 is 1.30 bits per heavy atom. The minimum atomic E-state index is -3.61. The third-order valence-corrected chi connectivity index (χ3v) is 5.99. The topological polar surface area (TPSA) is 72.2 Å². The van der Waals surface area contributed by atoms with E-state index in [9.17, 15) is 8.42 Å². The van der Waals surface area contributed by atoms with Crippen LogP contribution in [0.4, 0.5) is 5.69 Å². The van der Waals surface area contributed by atoms with E-state index in [4.69, 9.17) is 18.0 Å². The number of anilines is 1. The summed E-state index contributed by atoms with van der Waals surface area (Å²) in [5.74, 6) is 0. The second kappa shape index (κ2) is 5.90. The molecule has 1 aromatic heterocycles. The van der Waals surface area contributed by atoms with Gasteiger partial charge in [-0.1, -0.05) is 31.3 Å². The van der Waals surface area contributed by atoms with E-state index in [2.05, 4.69) is 4.72 Å².